The summed E-state index contributed by atoms with van der Waals surface area (Å²) in [6.45, 7) is 4.58. The number of nitrogens with one attached hydrogen (secondary N) is 1. The van der Waals surface area contributed by atoms with Crippen LogP contribution in [0.3, 0.4) is 0 Å². The molecule has 2 aromatic heterocycles. The number of pyridine rings is 1. The SMILES string of the molecule is Cc1ccc(CNc2cccc(-n3nnnc3C)c2)cn1. The van der Waals surface area contributed by atoms with Crippen molar-refractivity contribution in [3.05, 3.63) is 59.7 Å². The van der Waals surface area contributed by atoms with Gasteiger partial charge in [-0.1, -0.05) is 12.1 Å². The van der Waals surface area contributed by atoms with Gasteiger partial charge < -0.3 is 5.32 Å². The molecule has 1 aromatic carbocycles. The Morgan fingerprint density at radius 1 is 1.14 bits per heavy atom. The third-order valence-electron chi connectivity index (χ3n) is 3.19. The molecule has 0 aliphatic carbocycles. The second-order valence-corrected chi connectivity index (χ2v) is 4.85. The van der Waals surface area contributed by atoms with Gasteiger partial charge in [-0.05, 0) is 54.1 Å². The van der Waals surface area contributed by atoms with Crippen LogP contribution < -0.4 is 5.32 Å². The van der Waals surface area contributed by atoms with Crippen LogP contribution in [0.5, 0.6) is 0 Å². The van der Waals surface area contributed by atoms with Gasteiger partial charge >= 0.3 is 0 Å². The van der Waals surface area contributed by atoms with Crippen molar-refractivity contribution in [3.63, 3.8) is 0 Å². The molecule has 6 nitrogen and oxygen atoms in total. The van der Waals surface area contributed by atoms with Crippen LogP contribution in [0.25, 0.3) is 5.69 Å². The van der Waals surface area contributed by atoms with E-state index in [2.05, 4.69) is 31.9 Å². The Hall–Kier alpha value is -2.76. The molecule has 0 radical (unpaired) electrons. The van der Waals surface area contributed by atoms with Crippen molar-refractivity contribution in [2.75, 3.05) is 5.32 Å². The maximum Gasteiger partial charge on any atom is 0.153 e. The van der Waals surface area contributed by atoms with E-state index < -0.39 is 0 Å². The molecular weight excluding hydrogens is 264 g/mol. The van der Waals surface area contributed by atoms with Crippen LogP contribution in [0.15, 0.2) is 42.6 Å². The number of anilines is 1. The fourth-order valence-corrected chi connectivity index (χ4v) is 2.03. The fourth-order valence-electron chi connectivity index (χ4n) is 2.03. The van der Waals surface area contributed by atoms with Crippen LogP contribution in [0.4, 0.5) is 5.69 Å². The van der Waals surface area contributed by atoms with E-state index in [-0.39, 0.29) is 0 Å². The molecule has 6 heteroatoms. The topological polar surface area (TPSA) is 68.5 Å². The quantitative estimate of drug-likeness (QED) is 0.794. The normalized spacial score (nSPS) is 10.6. The average Bonchev–Trinajstić information content (AvgIpc) is 2.93. The van der Waals surface area contributed by atoms with Gasteiger partial charge in [-0.3, -0.25) is 4.98 Å². The molecule has 3 rings (SSSR count). The second kappa shape index (κ2) is 5.70. The summed E-state index contributed by atoms with van der Waals surface area (Å²) in [4.78, 5) is 4.29. The first kappa shape index (κ1) is 13.2. The van der Waals surface area contributed by atoms with Crippen molar-refractivity contribution in [1.82, 2.24) is 25.2 Å². The number of hydrogen-bond acceptors (Lipinski definition) is 5. The lowest BCUT2D eigenvalue weighted by molar-refractivity contribution is 0.779. The standard InChI is InChI=1S/C15H16N6/c1-11-6-7-13(9-16-11)10-17-14-4-3-5-15(8-14)21-12(2)18-19-20-21/h3-9,17H,10H2,1-2H3. The van der Waals surface area contributed by atoms with Crippen LogP contribution in [-0.2, 0) is 6.54 Å². The van der Waals surface area contributed by atoms with Gasteiger partial charge in [0, 0.05) is 24.1 Å². The summed E-state index contributed by atoms with van der Waals surface area (Å²) in [7, 11) is 0. The first-order valence-corrected chi connectivity index (χ1v) is 6.73. The van der Waals surface area contributed by atoms with E-state index in [1.165, 1.54) is 0 Å². The van der Waals surface area contributed by atoms with Gasteiger partial charge in [0.05, 0.1) is 5.69 Å². The molecule has 0 saturated heterocycles. The number of rotatable bonds is 4. The molecule has 0 aliphatic heterocycles. The number of hydrogen-bond donors (Lipinski definition) is 1. The summed E-state index contributed by atoms with van der Waals surface area (Å²) in [5.74, 6) is 0.759. The first-order chi connectivity index (χ1) is 10.2. The van der Waals surface area contributed by atoms with Gasteiger partial charge in [0.1, 0.15) is 0 Å². The molecule has 0 amide bonds. The maximum absolute atomic E-state index is 4.29. The molecule has 0 saturated carbocycles. The van der Waals surface area contributed by atoms with Gasteiger partial charge in [0.25, 0.3) is 0 Å². The highest BCUT2D eigenvalue weighted by Gasteiger charge is 2.04. The Morgan fingerprint density at radius 2 is 2.05 bits per heavy atom. The third kappa shape index (κ3) is 3.05. The Balaban J connectivity index is 1.74. The first-order valence-electron chi connectivity index (χ1n) is 6.73. The number of aryl methyl sites for hydroxylation is 2. The lowest BCUT2D eigenvalue weighted by Gasteiger charge is -2.08. The van der Waals surface area contributed by atoms with Crippen LogP contribution in [0, 0.1) is 13.8 Å². The Morgan fingerprint density at radius 3 is 2.76 bits per heavy atom. The minimum Gasteiger partial charge on any atom is -0.381 e. The molecule has 0 atom stereocenters. The maximum atomic E-state index is 4.29. The number of aromatic nitrogens is 5. The van der Waals surface area contributed by atoms with E-state index >= 15 is 0 Å². The highest BCUT2D eigenvalue weighted by molar-refractivity contribution is 5.51. The highest BCUT2D eigenvalue weighted by Crippen LogP contribution is 2.15. The van der Waals surface area contributed by atoms with Crippen molar-refractivity contribution in [1.29, 1.82) is 0 Å². The van der Waals surface area contributed by atoms with Crippen molar-refractivity contribution in [2.24, 2.45) is 0 Å². The van der Waals surface area contributed by atoms with Gasteiger partial charge in [-0.15, -0.1) is 5.10 Å². The summed E-state index contributed by atoms with van der Waals surface area (Å²) in [5.41, 5.74) is 4.12. The van der Waals surface area contributed by atoms with Gasteiger partial charge in [0.15, 0.2) is 5.82 Å². The molecule has 106 valence electrons. The van der Waals surface area contributed by atoms with Crippen LogP contribution in [0.1, 0.15) is 17.1 Å². The lowest BCUT2D eigenvalue weighted by atomic mass is 10.2. The third-order valence-corrected chi connectivity index (χ3v) is 3.19. The largest absolute Gasteiger partial charge is 0.381 e. The zero-order valence-corrected chi connectivity index (χ0v) is 12.0. The molecule has 0 fully saturated rings. The van der Waals surface area contributed by atoms with Crippen molar-refractivity contribution in [3.8, 4) is 5.69 Å². The molecule has 3 aromatic rings. The molecule has 21 heavy (non-hydrogen) atoms. The molecular formula is C15H16N6. The number of tetrazole rings is 1. The van der Waals surface area contributed by atoms with Gasteiger partial charge in [-0.2, -0.15) is 4.68 Å². The van der Waals surface area contributed by atoms with E-state index in [1.54, 1.807) is 4.68 Å². The summed E-state index contributed by atoms with van der Waals surface area (Å²) >= 11 is 0. The Kier molecular flexibility index (Phi) is 3.59. The summed E-state index contributed by atoms with van der Waals surface area (Å²) in [5, 5.41) is 14.9. The van der Waals surface area contributed by atoms with Gasteiger partial charge in [0.2, 0.25) is 0 Å². The van der Waals surface area contributed by atoms with Crippen molar-refractivity contribution in [2.45, 2.75) is 20.4 Å². The second-order valence-electron chi connectivity index (χ2n) is 4.85. The average molecular weight is 280 g/mol. The van der Waals surface area contributed by atoms with Crippen LogP contribution in [-0.4, -0.2) is 25.2 Å². The smallest absolute Gasteiger partial charge is 0.153 e. The molecule has 2 heterocycles. The van der Waals surface area contributed by atoms with E-state index in [0.29, 0.717) is 0 Å². The minimum absolute atomic E-state index is 0.728. The Labute approximate surface area is 122 Å². The minimum atomic E-state index is 0.728. The molecule has 0 spiro atoms. The molecule has 0 bridgehead atoms. The van der Waals surface area contributed by atoms with E-state index in [4.69, 9.17) is 0 Å². The molecule has 1 N–H and O–H groups in total. The van der Waals surface area contributed by atoms with Crippen molar-refractivity contribution >= 4 is 5.69 Å². The van der Waals surface area contributed by atoms with E-state index in [0.717, 1.165) is 35.0 Å². The molecule has 0 unspecified atom stereocenters. The highest BCUT2D eigenvalue weighted by atomic mass is 15.5. The summed E-state index contributed by atoms with van der Waals surface area (Å²) in [6.07, 6.45) is 1.89. The van der Waals surface area contributed by atoms with Crippen LogP contribution >= 0.6 is 0 Å². The lowest BCUT2D eigenvalue weighted by Crippen LogP contribution is -2.03. The summed E-state index contributed by atoms with van der Waals surface area (Å²) < 4.78 is 1.71. The zero-order chi connectivity index (χ0) is 14.7. The Bertz CT molecular complexity index is 732. The predicted octanol–water partition coefficient (Wildman–Crippen LogP) is 2.29. The predicted molar refractivity (Wildman–Crippen MR) is 80.2 cm³/mol. The number of benzene rings is 1. The zero-order valence-electron chi connectivity index (χ0n) is 12.0. The number of nitrogens with zero attached hydrogens (tertiary/aromatic N) is 5. The van der Waals surface area contributed by atoms with Crippen LogP contribution in [0.2, 0.25) is 0 Å². The van der Waals surface area contributed by atoms with Gasteiger partial charge in [-0.25, -0.2) is 0 Å². The summed E-state index contributed by atoms with van der Waals surface area (Å²) in [6, 6.07) is 12.1. The van der Waals surface area contributed by atoms with Crippen molar-refractivity contribution < 1.29 is 0 Å². The van der Waals surface area contributed by atoms with E-state index in [9.17, 15) is 0 Å². The van der Waals surface area contributed by atoms with E-state index in [1.807, 2.05) is 50.4 Å². The molecule has 0 aliphatic rings. The monoisotopic (exact) mass is 280 g/mol. The fraction of sp³-hybridized carbons (Fsp3) is 0.200.